The van der Waals surface area contributed by atoms with Crippen molar-refractivity contribution in [3.8, 4) is 17.2 Å². The lowest BCUT2D eigenvalue weighted by molar-refractivity contribution is 0.437. The van der Waals surface area contributed by atoms with E-state index >= 15 is 0 Å². The summed E-state index contributed by atoms with van der Waals surface area (Å²) in [6.07, 6.45) is 9.36. The Kier molecular flexibility index (Phi) is 4.20. The van der Waals surface area contributed by atoms with Gasteiger partial charge in [-0.15, -0.1) is 0 Å². The molecule has 1 heterocycles. The van der Waals surface area contributed by atoms with Crippen molar-refractivity contribution >= 4 is 5.69 Å². The molecule has 1 saturated heterocycles. The minimum absolute atomic E-state index is 0.806. The van der Waals surface area contributed by atoms with Gasteiger partial charge in [-0.2, -0.15) is 5.26 Å². The fraction of sp³-hybridized carbons (Fsp3) is 0.480. The second-order valence-electron chi connectivity index (χ2n) is 8.68. The van der Waals surface area contributed by atoms with Crippen molar-refractivity contribution in [1.82, 2.24) is 0 Å². The highest BCUT2D eigenvalue weighted by Crippen LogP contribution is 2.47. The molecule has 0 spiro atoms. The number of fused-ring (bicyclic) bond motifs is 5. The largest absolute Gasteiger partial charge is 0.370 e. The van der Waals surface area contributed by atoms with Gasteiger partial charge in [0.1, 0.15) is 6.07 Å². The topological polar surface area (TPSA) is 27.0 Å². The first-order chi connectivity index (χ1) is 13.3. The van der Waals surface area contributed by atoms with Gasteiger partial charge in [-0.3, -0.25) is 0 Å². The van der Waals surface area contributed by atoms with E-state index in [0.717, 1.165) is 50.3 Å². The molecule has 0 amide bonds. The number of nitriles is 1. The first-order valence-corrected chi connectivity index (χ1v) is 10.7. The number of aryl methyl sites for hydroxylation is 1. The van der Waals surface area contributed by atoms with Crippen LogP contribution >= 0.6 is 0 Å². The molecule has 2 aromatic carbocycles. The summed E-state index contributed by atoms with van der Waals surface area (Å²) in [7, 11) is 0. The molecule has 27 heavy (non-hydrogen) atoms. The monoisotopic (exact) mass is 356 g/mol. The van der Waals surface area contributed by atoms with Crippen LogP contribution in [0.4, 0.5) is 5.69 Å². The standard InChI is InChI=1S/C25H28N2/c1-17-12-14-27(15-13-17)25-22-11-10-18-6-2-3-7-19(18)24(22)21-9-5-4-8-20(21)23(25)16-26/h2-3,6-7,17H,4-5,8-15H2,1H3. The lowest BCUT2D eigenvalue weighted by Crippen LogP contribution is -2.35. The van der Waals surface area contributed by atoms with E-state index in [9.17, 15) is 5.26 Å². The maximum atomic E-state index is 10.2. The predicted octanol–water partition coefficient (Wildman–Crippen LogP) is 5.44. The maximum absolute atomic E-state index is 10.2. The van der Waals surface area contributed by atoms with Crippen LogP contribution in [0.1, 0.15) is 60.4 Å². The van der Waals surface area contributed by atoms with Gasteiger partial charge in [0.15, 0.2) is 0 Å². The third-order valence-corrected chi connectivity index (χ3v) is 7.04. The molecule has 0 unspecified atom stereocenters. The molecule has 0 bridgehead atoms. The van der Waals surface area contributed by atoms with E-state index in [-0.39, 0.29) is 0 Å². The Morgan fingerprint density at radius 1 is 0.926 bits per heavy atom. The van der Waals surface area contributed by atoms with E-state index in [2.05, 4.69) is 42.2 Å². The number of benzene rings is 2. The van der Waals surface area contributed by atoms with Crippen molar-refractivity contribution in [2.45, 2.75) is 58.3 Å². The van der Waals surface area contributed by atoms with E-state index in [4.69, 9.17) is 0 Å². The van der Waals surface area contributed by atoms with Gasteiger partial charge in [0.2, 0.25) is 0 Å². The van der Waals surface area contributed by atoms with E-state index in [1.807, 2.05) is 0 Å². The maximum Gasteiger partial charge on any atom is 0.102 e. The summed E-state index contributed by atoms with van der Waals surface area (Å²) in [5, 5.41) is 10.2. The number of hydrogen-bond acceptors (Lipinski definition) is 2. The fourth-order valence-electron chi connectivity index (χ4n) is 5.56. The molecule has 1 aliphatic heterocycles. The van der Waals surface area contributed by atoms with Crippen LogP contribution in [0, 0.1) is 17.2 Å². The third kappa shape index (κ3) is 2.67. The van der Waals surface area contributed by atoms with Gasteiger partial charge in [-0.25, -0.2) is 0 Å². The molecule has 5 rings (SSSR count). The molecule has 2 aliphatic carbocycles. The summed E-state index contributed by atoms with van der Waals surface area (Å²) in [5.41, 5.74) is 11.1. The quantitative estimate of drug-likeness (QED) is 0.680. The second kappa shape index (κ2) is 6.71. The summed E-state index contributed by atoms with van der Waals surface area (Å²) in [4.78, 5) is 2.56. The molecule has 2 nitrogen and oxygen atoms in total. The summed E-state index contributed by atoms with van der Waals surface area (Å²) >= 11 is 0. The van der Waals surface area contributed by atoms with Crippen LogP contribution in [0.5, 0.6) is 0 Å². The molecule has 0 radical (unpaired) electrons. The minimum atomic E-state index is 0.806. The number of hydrogen-bond donors (Lipinski definition) is 0. The normalized spacial score (nSPS) is 19.0. The molecule has 3 aliphatic rings. The van der Waals surface area contributed by atoms with Crippen molar-refractivity contribution in [3.05, 3.63) is 52.1 Å². The van der Waals surface area contributed by atoms with Crippen LogP contribution in [-0.4, -0.2) is 13.1 Å². The summed E-state index contributed by atoms with van der Waals surface area (Å²) in [6.45, 7) is 4.56. The lowest BCUT2D eigenvalue weighted by atomic mass is 9.74. The average molecular weight is 357 g/mol. The van der Waals surface area contributed by atoms with Crippen molar-refractivity contribution in [3.63, 3.8) is 0 Å². The van der Waals surface area contributed by atoms with Crippen LogP contribution in [0.2, 0.25) is 0 Å². The zero-order valence-corrected chi connectivity index (χ0v) is 16.4. The lowest BCUT2D eigenvalue weighted by Gasteiger charge is -2.38. The van der Waals surface area contributed by atoms with Crippen LogP contribution in [0.15, 0.2) is 24.3 Å². The second-order valence-corrected chi connectivity index (χ2v) is 8.68. The zero-order chi connectivity index (χ0) is 18.4. The zero-order valence-electron chi connectivity index (χ0n) is 16.4. The summed E-state index contributed by atoms with van der Waals surface area (Å²) < 4.78 is 0. The Morgan fingerprint density at radius 2 is 1.67 bits per heavy atom. The fourth-order valence-corrected chi connectivity index (χ4v) is 5.56. The third-order valence-electron chi connectivity index (χ3n) is 7.04. The highest BCUT2D eigenvalue weighted by molar-refractivity contribution is 5.86. The van der Waals surface area contributed by atoms with Gasteiger partial charge in [-0.05, 0) is 90.7 Å². The van der Waals surface area contributed by atoms with E-state index in [1.54, 1.807) is 0 Å². The first kappa shape index (κ1) is 16.9. The number of rotatable bonds is 1. The molecule has 0 aromatic heterocycles. The van der Waals surface area contributed by atoms with Crippen molar-refractivity contribution < 1.29 is 0 Å². The molecule has 0 atom stereocenters. The highest BCUT2D eigenvalue weighted by atomic mass is 15.1. The Bertz CT molecular complexity index is 926. The van der Waals surface area contributed by atoms with Crippen molar-refractivity contribution in [1.29, 1.82) is 5.26 Å². The van der Waals surface area contributed by atoms with Gasteiger partial charge in [0.25, 0.3) is 0 Å². The Hall–Kier alpha value is -2.27. The van der Waals surface area contributed by atoms with E-state index in [1.165, 1.54) is 64.8 Å². The van der Waals surface area contributed by atoms with Gasteiger partial charge < -0.3 is 4.90 Å². The molecular weight excluding hydrogens is 328 g/mol. The molecule has 2 aromatic rings. The minimum Gasteiger partial charge on any atom is -0.370 e. The Labute approximate surface area is 162 Å². The predicted molar refractivity (Wildman–Crippen MR) is 111 cm³/mol. The van der Waals surface area contributed by atoms with Crippen molar-refractivity contribution in [2.75, 3.05) is 18.0 Å². The van der Waals surface area contributed by atoms with E-state index in [0.29, 0.717) is 0 Å². The summed E-state index contributed by atoms with van der Waals surface area (Å²) in [6, 6.07) is 11.6. The Morgan fingerprint density at radius 3 is 2.44 bits per heavy atom. The van der Waals surface area contributed by atoms with Crippen LogP contribution in [-0.2, 0) is 25.7 Å². The van der Waals surface area contributed by atoms with Crippen LogP contribution < -0.4 is 4.90 Å². The molecular formula is C25H28N2. The van der Waals surface area contributed by atoms with E-state index < -0.39 is 0 Å². The Balaban J connectivity index is 1.78. The number of anilines is 1. The van der Waals surface area contributed by atoms with Crippen molar-refractivity contribution in [2.24, 2.45) is 5.92 Å². The van der Waals surface area contributed by atoms with Crippen LogP contribution in [0.25, 0.3) is 11.1 Å². The summed E-state index contributed by atoms with van der Waals surface area (Å²) in [5.74, 6) is 0.806. The molecule has 138 valence electrons. The van der Waals surface area contributed by atoms with Gasteiger partial charge in [0, 0.05) is 13.1 Å². The average Bonchev–Trinajstić information content (AvgIpc) is 2.73. The highest BCUT2D eigenvalue weighted by Gasteiger charge is 2.32. The number of piperidine rings is 1. The SMILES string of the molecule is CC1CCN(c2c(C#N)c3c(c4c2CCc2ccccc2-4)CCCC3)CC1. The molecule has 0 saturated carbocycles. The smallest absolute Gasteiger partial charge is 0.102 e. The van der Waals surface area contributed by atoms with Gasteiger partial charge in [-0.1, -0.05) is 31.2 Å². The molecule has 2 heteroatoms. The van der Waals surface area contributed by atoms with Crippen LogP contribution in [0.3, 0.4) is 0 Å². The first-order valence-electron chi connectivity index (χ1n) is 10.7. The molecule has 0 N–H and O–H groups in total. The molecule has 1 fully saturated rings. The van der Waals surface area contributed by atoms with Gasteiger partial charge in [0.05, 0.1) is 11.3 Å². The van der Waals surface area contributed by atoms with Gasteiger partial charge >= 0.3 is 0 Å². The number of nitrogens with zero attached hydrogens (tertiary/aromatic N) is 2.